The van der Waals surface area contributed by atoms with Gasteiger partial charge in [-0.05, 0) is 34.0 Å². The Hall–Kier alpha value is -1.10. The van der Waals surface area contributed by atoms with Crippen molar-refractivity contribution in [1.29, 1.82) is 0 Å². The molecule has 0 bridgehead atoms. The number of rotatable bonds is 4. The van der Waals surface area contributed by atoms with Crippen LogP contribution in [0, 0.1) is 5.92 Å². The van der Waals surface area contributed by atoms with Gasteiger partial charge in [0.15, 0.2) is 0 Å². The number of methoxy groups -OCH3 is 1. The van der Waals surface area contributed by atoms with E-state index in [1.54, 1.807) is 0 Å². The molecule has 1 unspecified atom stereocenters. The van der Waals surface area contributed by atoms with Crippen LogP contribution in [0.1, 0.15) is 13.8 Å². The molecule has 0 aromatic carbocycles. The summed E-state index contributed by atoms with van der Waals surface area (Å²) in [6.45, 7) is 3.90. The lowest BCUT2D eigenvalue weighted by molar-refractivity contribution is -0.142. The van der Waals surface area contributed by atoms with Gasteiger partial charge in [0, 0.05) is 0 Å². The average Bonchev–Trinajstić information content (AvgIpc) is 2.24. The molecule has 0 aliphatic rings. The summed E-state index contributed by atoms with van der Waals surface area (Å²) in [6.07, 6.45) is 0. The first kappa shape index (κ1) is 13.0. The fraction of sp³-hybridized carbons (Fsp3) is 0.455. The number of nitrogens with one attached hydrogen (secondary N) is 1. The molecule has 0 spiro atoms. The van der Waals surface area contributed by atoms with Gasteiger partial charge in [0.1, 0.15) is 16.5 Å². The molecule has 0 aliphatic heterocycles. The van der Waals surface area contributed by atoms with E-state index in [0.717, 1.165) is 4.60 Å². The van der Waals surface area contributed by atoms with Crippen LogP contribution in [0.25, 0.3) is 0 Å². The molecule has 1 N–H and O–H groups in total. The summed E-state index contributed by atoms with van der Waals surface area (Å²) in [6, 6.07) is 5.11. The van der Waals surface area contributed by atoms with E-state index in [-0.39, 0.29) is 17.9 Å². The molecule has 1 heterocycles. The van der Waals surface area contributed by atoms with Gasteiger partial charge in [0.05, 0.1) is 7.11 Å². The minimum atomic E-state index is -0.383. The number of nitrogens with zero attached hydrogens (tertiary/aromatic N) is 1. The molecule has 0 saturated carbocycles. The van der Waals surface area contributed by atoms with Crippen molar-refractivity contribution in [2.75, 3.05) is 12.4 Å². The normalized spacial score (nSPS) is 12.3. The minimum absolute atomic E-state index is 0.133. The highest BCUT2D eigenvalue weighted by Crippen LogP contribution is 2.14. The van der Waals surface area contributed by atoms with Gasteiger partial charge in [-0.25, -0.2) is 9.78 Å². The highest BCUT2D eigenvalue weighted by molar-refractivity contribution is 9.10. The highest BCUT2D eigenvalue weighted by Gasteiger charge is 2.22. The van der Waals surface area contributed by atoms with Crippen molar-refractivity contribution >= 4 is 27.7 Å². The Kier molecular flexibility index (Phi) is 4.73. The van der Waals surface area contributed by atoms with Gasteiger partial charge in [0.25, 0.3) is 0 Å². The zero-order valence-electron chi connectivity index (χ0n) is 9.53. The number of hydrogen-bond acceptors (Lipinski definition) is 4. The van der Waals surface area contributed by atoms with Crippen molar-refractivity contribution < 1.29 is 9.53 Å². The van der Waals surface area contributed by atoms with Crippen LogP contribution in [-0.4, -0.2) is 24.1 Å². The zero-order chi connectivity index (χ0) is 12.1. The quantitative estimate of drug-likeness (QED) is 0.682. The van der Waals surface area contributed by atoms with Crippen molar-refractivity contribution in [2.24, 2.45) is 5.92 Å². The fourth-order valence-corrected chi connectivity index (χ4v) is 1.62. The van der Waals surface area contributed by atoms with Crippen LogP contribution in [0.15, 0.2) is 22.8 Å². The molecule has 0 radical (unpaired) electrons. The van der Waals surface area contributed by atoms with Crippen LogP contribution >= 0.6 is 15.9 Å². The molecule has 88 valence electrons. The van der Waals surface area contributed by atoms with E-state index in [1.165, 1.54) is 7.11 Å². The third kappa shape index (κ3) is 3.48. The van der Waals surface area contributed by atoms with Crippen molar-refractivity contribution in [2.45, 2.75) is 19.9 Å². The molecule has 0 saturated heterocycles. The maximum absolute atomic E-state index is 11.5. The van der Waals surface area contributed by atoms with Crippen molar-refractivity contribution in [3.8, 4) is 0 Å². The monoisotopic (exact) mass is 286 g/mol. The number of carbonyl (C=O) groups is 1. The average molecular weight is 287 g/mol. The third-order valence-electron chi connectivity index (χ3n) is 2.14. The lowest BCUT2D eigenvalue weighted by Gasteiger charge is -2.20. The number of anilines is 1. The molecule has 0 fully saturated rings. The number of hydrogen-bond donors (Lipinski definition) is 1. The molecular weight excluding hydrogens is 272 g/mol. The summed E-state index contributed by atoms with van der Waals surface area (Å²) in [5.74, 6) is 0.503. The molecule has 1 aromatic rings. The van der Waals surface area contributed by atoms with Gasteiger partial charge in [-0.15, -0.1) is 0 Å². The Balaban J connectivity index is 2.79. The fourth-order valence-electron chi connectivity index (χ4n) is 1.27. The van der Waals surface area contributed by atoms with Crippen molar-refractivity contribution in [1.82, 2.24) is 4.98 Å². The molecule has 4 nitrogen and oxygen atoms in total. The van der Waals surface area contributed by atoms with Crippen LogP contribution in [0.3, 0.4) is 0 Å². The lowest BCUT2D eigenvalue weighted by Crippen LogP contribution is -2.35. The lowest BCUT2D eigenvalue weighted by atomic mass is 10.0. The summed E-state index contributed by atoms with van der Waals surface area (Å²) in [5, 5.41) is 3.05. The number of carbonyl (C=O) groups excluding carboxylic acids is 1. The number of aromatic nitrogens is 1. The van der Waals surface area contributed by atoms with Crippen LogP contribution < -0.4 is 5.32 Å². The molecular formula is C11H15BrN2O2. The summed E-state index contributed by atoms with van der Waals surface area (Å²) in [7, 11) is 1.38. The van der Waals surface area contributed by atoms with Crippen LogP contribution in [-0.2, 0) is 9.53 Å². The second-order valence-electron chi connectivity index (χ2n) is 3.73. The van der Waals surface area contributed by atoms with Crippen LogP contribution in [0.2, 0.25) is 0 Å². The van der Waals surface area contributed by atoms with Crippen molar-refractivity contribution in [3.63, 3.8) is 0 Å². The molecule has 1 rings (SSSR count). The smallest absolute Gasteiger partial charge is 0.328 e. The van der Waals surface area contributed by atoms with E-state index in [4.69, 9.17) is 4.74 Å². The van der Waals surface area contributed by atoms with Gasteiger partial charge >= 0.3 is 5.97 Å². The second kappa shape index (κ2) is 5.84. The molecule has 1 aromatic heterocycles. The predicted octanol–water partition coefficient (Wildman–Crippen LogP) is 2.45. The maximum Gasteiger partial charge on any atom is 0.328 e. The zero-order valence-corrected chi connectivity index (χ0v) is 11.1. The first-order chi connectivity index (χ1) is 7.54. The maximum atomic E-state index is 11.5. The Morgan fingerprint density at radius 3 is 2.69 bits per heavy atom. The number of esters is 1. The summed E-state index contributed by atoms with van der Waals surface area (Å²) in [4.78, 5) is 15.7. The van der Waals surface area contributed by atoms with Gasteiger partial charge < -0.3 is 10.1 Å². The molecule has 16 heavy (non-hydrogen) atoms. The van der Waals surface area contributed by atoms with Gasteiger partial charge in [-0.3, -0.25) is 0 Å². The largest absolute Gasteiger partial charge is 0.467 e. The second-order valence-corrected chi connectivity index (χ2v) is 4.55. The summed E-state index contributed by atoms with van der Waals surface area (Å²) >= 11 is 3.28. The first-order valence-electron chi connectivity index (χ1n) is 5.01. The summed E-state index contributed by atoms with van der Waals surface area (Å²) < 4.78 is 5.46. The predicted molar refractivity (Wildman–Crippen MR) is 66.2 cm³/mol. The third-order valence-corrected chi connectivity index (χ3v) is 2.58. The number of pyridine rings is 1. The number of halogens is 1. The Morgan fingerprint density at radius 1 is 1.50 bits per heavy atom. The topological polar surface area (TPSA) is 51.2 Å². The van der Waals surface area contributed by atoms with Gasteiger partial charge in [-0.2, -0.15) is 0 Å². The Labute approximate surface area is 104 Å². The highest BCUT2D eigenvalue weighted by atomic mass is 79.9. The van der Waals surface area contributed by atoms with Crippen molar-refractivity contribution in [3.05, 3.63) is 22.8 Å². The van der Waals surface area contributed by atoms with E-state index in [2.05, 4.69) is 26.2 Å². The standard InChI is InChI=1S/C11H15BrN2O2/c1-7(2)10(11(15)16-3)14-9-6-4-5-8(12)13-9/h4-7,10H,1-3H3,(H,13,14). The van der Waals surface area contributed by atoms with Crippen LogP contribution in [0.4, 0.5) is 5.82 Å². The van der Waals surface area contributed by atoms with Crippen LogP contribution in [0.5, 0.6) is 0 Å². The molecule has 0 amide bonds. The Morgan fingerprint density at radius 2 is 2.19 bits per heavy atom. The molecule has 5 heteroatoms. The van der Waals surface area contributed by atoms with E-state index < -0.39 is 0 Å². The first-order valence-corrected chi connectivity index (χ1v) is 5.81. The van der Waals surface area contributed by atoms with Gasteiger partial charge in [-0.1, -0.05) is 19.9 Å². The minimum Gasteiger partial charge on any atom is -0.467 e. The van der Waals surface area contributed by atoms with E-state index in [0.29, 0.717) is 5.82 Å². The van der Waals surface area contributed by atoms with E-state index in [1.807, 2.05) is 32.0 Å². The van der Waals surface area contributed by atoms with E-state index >= 15 is 0 Å². The summed E-state index contributed by atoms with van der Waals surface area (Å²) in [5.41, 5.74) is 0. The SMILES string of the molecule is COC(=O)C(Nc1cccc(Br)n1)C(C)C. The molecule has 1 atom stereocenters. The molecule has 0 aliphatic carbocycles. The van der Waals surface area contributed by atoms with Gasteiger partial charge in [0.2, 0.25) is 0 Å². The Bertz CT molecular complexity index is 369. The van der Waals surface area contributed by atoms with E-state index in [9.17, 15) is 4.79 Å². The number of ether oxygens (including phenoxy) is 1.